The van der Waals surface area contributed by atoms with Crippen LogP contribution < -0.4 is 5.32 Å². The number of carbonyl (C=O) groups is 1. The molecular weight excluding hydrogens is 375 g/mol. The fraction of sp³-hybridized carbons (Fsp3) is 0.611. The molecule has 6 heteroatoms. The quantitative estimate of drug-likeness (QED) is 0.826. The van der Waals surface area contributed by atoms with E-state index >= 15 is 0 Å². The number of rotatable bonds is 4. The van der Waals surface area contributed by atoms with Gasteiger partial charge in [-0.2, -0.15) is 0 Å². The molecule has 1 aromatic carbocycles. The average molecular weight is 401 g/mol. The van der Waals surface area contributed by atoms with Gasteiger partial charge in [-0.25, -0.2) is 9.18 Å². The molecule has 0 bridgehead atoms. The van der Waals surface area contributed by atoms with Crippen molar-refractivity contribution in [2.45, 2.75) is 51.7 Å². The van der Waals surface area contributed by atoms with Gasteiger partial charge < -0.3 is 15.0 Å². The summed E-state index contributed by atoms with van der Waals surface area (Å²) in [6.07, 6.45) is 2.53. The Bertz CT molecular complexity index is 575. The van der Waals surface area contributed by atoms with Gasteiger partial charge in [-0.05, 0) is 80.2 Å². The van der Waals surface area contributed by atoms with Crippen LogP contribution in [0.2, 0.25) is 0 Å². The zero-order valence-electron chi connectivity index (χ0n) is 14.6. The zero-order chi connectivity index (χ0) is 17.7. The van der Waals surface area contributed by atoms with E-state index in [9.17, 15) is 9.18 Å². The number of likely N-dealkylation sites (tertiary alicyclic amines) is 1. The topological polar surface area (TPSA) is 41.6 Å². The standard InChI is InChI=1S/C18H26BrFN2O2/c1-18(2,3)24-17(23)21-14-5-4-9-22(12-14)10-8-13-6-7-16(20)15(19)11-13/h6-7,11,14H,4-5,8-10,12H2,1-3H3,(H,21,23)/t14-/m1/s1. The SMILES string of the molecule is CC(C)(C)OC(=O)N[C@@H]1CCCN(CCc2ccc(F)c(Br)c2)C1. The lowest BCUT2D eigenvalue weighted by molar-refractivity contribution is 0.0472. The van der Waals surface area contributed by atoms with E-state index in [2.05, 4.69) is 26.1 Å². The Morgan fingerprint density at radius 3 is 2.88 bits per heavy atom. The van der Waals surface area contributed by atoms with E-state index in [-0.39, 0.29) is 18.0 Å². The predicted molar refractivity (Wildman–Crippen MR) is 96.6 cm³/mol. The van der Waals surface area contributed by atoms with Crippen LogP contribution in [-0.2, 0) is 11.2 Å². The summed E-state index contributed by atoms with van der Waals surface area (Å²) in [5.41, 5.74) is 0.625. The van der Waals surface area contributed by atoms with Crippen LogP contribution in [0.15, 0.2) is 22.7 Å². The molecule has 2 rings (SSSR count). The molecule has 1 aliphatic rings. The predicted octanol–water partition coefficient (Wildman–Crippen LogP) is 4.12. The molecule has 1 aliphatic heterocycles. The van der Waals surface area contributed by atoms with E-state index in [4.69, 9.17) is 4.74 Å². The first-order chi connectivity index (χ1) is 11.2. The Balaban J connectivity index is 1.80. The molecule has 0 aromatic heterocycles. The summed E-state index contributed by atoms with van der Waals surface area (Å²) in [6, 6.07) is 5.26. The summed E-state index contributed by atoms with van der Waals surface area (Å²) >= 11 is 3.22. The lowest BCUT2D eigenvalue weighted by Gasteiger charge is -2.33. The van der Waals surface area contributed by atoms with E-state index in [1.807, 2.05) is 32.9 Å². The second-order valence-corrected chi connectivity index (χ2v) is 8.14. The van der Waals surface area contributed by atoms with Crippen LogP contribution in [-0.4, -0.2) is 42.3 Å². The number of halogens is 2. The van der Waals surface area contributed by atoms with Gasteiger partial charge in [0.1, 0.15) is 11.4 Å². The minimum atomic E-state index is -0.478. The van der Waals surface area contributed by atoms with Gasteiger partial charge in [0.2, 0.25) is 0 Å². The molecule has 1 N–H and O–H groups in total. The van der Waals surface area contributed by atoms with Crippen LogP contribution in [0.3, 0.4) is 0 Å². The summed E-state index contributed by atoms with van der Waals surface area (Å²) in [4.78, 5) is 14.2. The first-order valence-electron chi connectivity index (χ1n) is 8.39. The average Bonchev–Trinajstić information content (AvgIpc) is 2.47. The van der Waals surface area contributed by atoms with Gasteiger partial charge in [-0.1, -0.05) is 6.07 Å². The zero-order valence-corrected chi connectivity index (χ0v) is 16.2. The highest BCUT2D eigenvalue weighted by molar-refractivity contribution is 9.10. The van der Waals surface area contributed by atoms with Crippen molar-refractivity contribution >= 4 is 22.0 Å². The number of nitrogens with zero attached hydrogens (tertiary/aromatic N) is 1. The Labute approximate surface area is 151 Å². The summed E-state index contributed by atoms with van der Waals surface area (Å²) in [7, 11) is 0. The lowest BCUT2D eigenvalue weighted by atomic mass is 10.0. The molecular formula is C18H26BrFN2O2. The Morgan fingerprint density at radius 1 is 1.46 bits per heavy atom. The first-order valence-corrected chi connectivity index (χ1v) is 9.18. The highest BCUT2D eigenvalue weighted by Crippen LogP contribution is 2.18. The maximum atomic E-state index is 13.3. The molecule has 24 heavy (non-hydrogen) atoms. The van der Waals surface area contributed by atoms with Crippen LogP contribution in [0.4, 0.5) is 9.18 Å². The Morgan fingerprint density at radius 2 is 2.21 bits per heavy atom. The van der Waals surface area contributed by atoms with E-state index in [1.54, 1.807) is 0 Å². The minimum Gasteiger partial charge on any atom is -0.444 e. The molecule has 0 unspecified atom stereocenters. The number of piperidine rings is 1. The maximum Gasteiger partial charge on any atom is 0.407 e. The molecule has 4 nitrogen and oxygen atoms in total. The second-order valence-electron chi connectivity index (χ2n) is 7.28. The molecule has 134 valence electrons. The van der Waals surface area contributed by atoms with Crippen molar-refractivity contribution in [3.05, 3.63) is 34.1 Å². The lowest BCUT2D eigenvalue weighted by Crippen LogP contribution is -2.49. The number of benzene rings is 1. The third-order valence-corrected chi connectivity index (χ3v) is 4.53. The molecule has 1 fully saturated rings. The molecule has 1 saturated heterocycles. The van der Waals surface area contributed by atoms with Crippen LogP contribution in [0.1, 0.15) is 39.2 Å². The van der Waals surface area contributed by atoms with Crippen LogP contribution in [0.5, 0.6) is 0 Å². The number of ether oxygens (including phenoxy) is 1. The molecule has 1 amide bonds. The minimum absolute atomic E-state index is 0.119. The van der Waals surface area contributed by atoms with Crippen molar-refractivity contribution in [2.75, 3.05) is 19.6 Å². The summed E-state index contributed by atoms with van der Waals surface area (Å²) in [5, 5.41) is 2.96. The molecule has 1 atom stereocenters. The van der Waals surface area contributed by atoms with Crippen LogP contribution in [0.25, 0.3) is 0 Å². The van der Waals surface area contributed by atoms with Gasteiger partial charge in [0, 0.05) is 19.1 Å². The normalized spacial score (nSPS) is 19.1. The van der Waals surface area contributed by atoms with E-state index in [1.165, 1.54) is 6.07 Å². The number of hydrogen-bond acceptors (Lipinski definition) is 3. The fourth-order valence-corrected chi connectivity index (χ4v) is 3.26. The van der Waals surface area contributed by atoms with Crippen molar-refractivity contribution < 1.29 is 13.9 Å². The largest absolute Gasteiger partial charge is 0.444 e. The Hall–Kier alpha value is -1.14. The van der Waals surface area contributed by atoms with Gasteiger partial charge in [0.05, 0.1) is 4.47 Å². The first kappa shape index (κ1) is 19.2. The summed E-state index contributed by atoms with van der Waals surface area (Å²) < 4.78 is 19.1. The number of carbonyl (C=O) groups excluding carboxylic acids is 1. The third-order valence-electron chi connectivity index (χ3n) is 3.93. The summed E-state index contributed by atoms with van der Waals surface area (Å²) in [6.45, 7) is 8.32. The van der Waals surface area contributed by atoms with Crippen molar-refractivity contribution in [1.29, 1.82) is 0 Å². The number of alkyl carbamates (subject to hydrolysis) is 1. The number of nitrogens with one attached hydrogen (secondary N) is 1. The molecule has 0 radical (unpaired) electrons. The van der Waals surface area contributed by atoms with Gasteiger partial charge in [-0.15, -0.1) is 0 Å². The molecule has 0 saturated carbocycles. The van der Waals surface area contributed by atoms with Crippen LogP contribution >= 0.6 is 15.9 Å². The highest BCUT2D eigenvalue weighted by atomic mass is 79.9. The number of hydrogen-bond donors (Lipinski definition) is 1. The molecule has 0 aliphatic carbocycles. The smallest absolute Gasteiger partial charge is 0.407 e. The van der Waals surface area contributed by atoms with Crippen molar-refractivity contribution in [1.82, 2.24) is 10.2 Å². The van der Waals surface area contributed by atoms with Gasteiger partial charge in [0.25, 0.3) is 0 Å². The fourth-order valence-electron chi connectivity index (χ4n) is 2.83. The van der Waals surface area contributed by atoms with Gasteiger partial charge in [-0.3, -0.25) is 0 Å². The van der Waals surface area contributed by atoms with Crippen molar-refractivity contribution in [3.8, 4) is 0 Å². The molecule has 1 aromatic rings. The number of amides is 1. The Kier molecular flexibility index (Phi) is 6.63. The second kappa shape index (κ2) is 8.30. The molecule has 1 heterocycles. The van der Waals surface area contributed by atoms with E-state index < -0.39 is 5.60 Å². The van der Waals surface area contributed by atoms with E-state index in [0.29, 0.717) is 4.47 Å². The monoisotopic (exact) mass is 400 g/mol. The summed E-state index contributed by atoms with van der Waals surface area (Å²) in [5.74, 6) is -0.238. The maximum absolute atomic E-state index is 13.3. The molecule has 0 spiro atoms. The van der Waals surface area contributed by atoms with Gasteiger partial charge in [0.15, 0.2) is 0 Å². The van der Waals surface area contributed by atoms with Crippen LogP contribution in [0, 0.1) is 5.82 Å². The third kappa shape index (κ3) is 6.40. The van der Waals surface area contributed by atoms with Gasteiger partial charge >= 0.3 is 6.09 Å². The highest BCUT2D eigenvalue weighted by Gasteiger charge is 2.24. The van der Waals surface area contributed by atoms with Crippen molar-refractivity contribution in [2.24, 2.45) is 0 Å². The van der Waals surface area contributed by atoms with Crippen molar-refractivity contribution in [3.63, 3.8) is 0 Å². The van der Waals surface area contributed by atoms with E-state index in [0.717, 1.165) is 44.5 Å².